The van der Waals surface area contributed by atoms with Gasteiger partial charge in [-0.25, -0.2) is 0 Å². The minimum absolute atomic E-state index is 0.163. The molecule has 2 fully saturated rings. The van der Waals surface area contributed by atoms with Gasteiger partial charge in [-0.2, -0.15) is 0 Å². The molecule has 0 aromatic heterocycles. The van der Waals surface area contributed by atoms with Gasteiger partial charge in [0.2, 0.25) is 0 Å². The quantitative estimate of drug-likeness (QED) is 0.758. The lowest BCUT2D eigenvalue weighted by atomic mass is 9.90. The van der Waals surface area contributed by atoms with Crippen LogP contribution in [0.5, 0.6) is 0 Å². The van der Waals surface area contributed by atoms with E-state index in [9.17, 15) is 9.46 Å². The van der Waals surface area contributed by atoms with Crippen molar-refractivity contribution in [3.63, 3.8) is 0 Å². The van der Waals surface area contributed by atoms with Gasteiger partial charge in [0.05, 0.1) is 19.3 Å². The SMILES string of the molecule is COCC12CCOC([C@@H](C)O1)[C@@H]2OP(C)(=O)O. The van der Waals surface area contributed by atoms with Gasteiger partial charge in [-0.1, -0.05) is 0 Å². The average molecular weight is 266 g/mol. The highest BCUT2D eigenvalue weighted by molar-refractivity contribution is 7.51. The van der Waals surface area contributed by atoms with Crippen molar-refractivity contribution in [2.24, 2.45) is 0 Å². The molecule has 3 unspecified atom stereocenters. The van der Waals surface area contributed by atoms with Crippen LogP contribution in [0.25, 0.3) is 0 Å². The second kappa shape index (κ2) is 4.61. The lowest BCUT2D eigenvalue weighted by Gasteiger charge is -2.38. The largest absolute Gasteiger partial charge is 0.382 e. The maximum absolute atomic E-state index is 11.4. The summed E-state index contributed by atoms with van der Waals surface area (Å²) in [6.07, 6.45) is -0.414. The van der Waals surface area contributed by atoms with Crippen molar-refractivity contribution in [2.45, 2.75) is 37.3 Å². The van der Waals surface area contributed by atoms with E-state index < -0.39 is 19.3 Å². The molecule has 0 spiro atoms. The highest BCUT2D eigenvalue weighted by atomic mass is 31.2. The summed E-state index contributed by atoms with van der Waals surface area (Å²) in [5.74, 6) is 0. The maximum atomic E-state index is 11.4. The van der Waals surface area contributed by atoms with E-state index in [4.69, 9.17) is 18.7 Å². The third-order valence-electron chi connectivity index (χ3n) is 3.23. The zero-order chi connectivity index (χ0) is 12.7. The highest BCUT2D eigenvalue weighted by Crippen LogP contribution is 2.49. The van der Waals surface area contributed by atoms with Gasteiger partial charge in [-0.15, -0.1) is 0 Å². The Balaban J connectivity index is 2.24. The summed E-state index contributed by atoms with van der Waals surface area (Å²) in [6.45, 7) is 3.94. The monoisotopic (exact) mass is 266 g/mol. The Hall–Kier alpha value is 0.0300. The number of fused-ring (bicyclic) bond motifs is 2. The molecule has 5 atom stereocenters. The first-order valence-electron chi connectivity index (χ1n) is 5.65. The summed E-state index contributed by atoms with van der Waals surface area (Å²) in [5.41, 5.74) is -0.661. The molecule has 2 rings (SSSR count). The second-order valence-electron chi connectivity index (χ2n) is 4.74. The molecule has 2 aliphatic rings. The van der Waals surface area contributed by atoms with Crippen LogP contribution in [0.15, 0.2) is 0 Å². The Kier molecular flexibility index (Phi) is 3.65. The zero-order valence-electron chi connectivity index (χ0n) is 10.3. The van der Waals surface area contributed by atoms with Crippen molar-refractivity contribution in [2.75, 3.05) is 27.0 Å². The topological polar surface area (TPSA) is 74.2 Å². The molecule has 2 heterocycles. The van der Waals surface area contributed by atoms with Crippen LogP contribution in [0.2, 0.25) is 0 Å². The Labute approximate surface area is 101 Å². The number of ether oxygens (including phenoxy) is 3. The number of hydrogen-bond acceptors (Lipinski definition) is 5. The molecule has 1 N–H and O–H groups in total. The van der Waals surface area contributed by atoms with E-state index in [0.29, 0.717) is 19.6 Å². The van der Waals surface area contributed by atoms with Gasteiger partial charge in [0, 0.05) is 20.2 Å². The van der Waals surface area contributed by atoms with E-state index in [0.717, 1.165) is 0 Å². The Morgan fingerprint density at radius 3 is 2.88 bits per heavy atom. The molecule has 7 heteroatoms. The van der Waals surface area contributed by atoms with E-state index in [-0.39, 0.29) is 12.2 Å². The first-order chi connectivity index (χ1) is 7.88. The molecule has 0 saturated carbocycles. The number of methoxy groups -OCH3 is 1. The molecule has 17 heavy (non-hydrogen) atoms. The molecule has 0 amide bonds. The average Bonchev–Trinajstić information content (AvgIpc) is 2.35. The van der Waals surface area contributed by atoms with Crippen molar-refractivity contribution < 1.29 is 28.2 Å². The fraction of sp³-hybridized carbons (Fsp3) is 1.00. The molecular weight excluding hydrogens is 247 g/mol. The van der Waals surface area contributed by atoms with Crippen LogP contribution < -0.4 is 0 Å². The van der Waals surface area contributed by atoms with E-state index >= 15 is 0 Å². The Morgan fingerprint density at radius 2 is 2.29 bits per heavy atom. The predicted molar refractivity (Wildman–Crippen MR) is 60.1 cm³/mol. The molecule has 2 saturated heterocycles. The lowest BCUT2D eigenvalue weighted by Crippen LogP contribution is -2.52. The molecule has 0 radical (unpaired) electrons. The van der Waals surface area contributed by atoms with E-state index in [1.165, 1.54) is 6.66 Å². The van der Waals surface area contributed by atoms with Crippen molar-refractivity contribution in [3.05, 3.63) is 0 Å². The predicted octanol–water partition coefficient (Wildman–Crippen LogP) is 0.780. The van der Waals surface area contributed by atoms with Gasteiger partial charge in [0.1, 0.15) is 17.8 Å². The molecule has 2 aliphatic heterocycles. The molecule has 0 aliphatic carbocycles. The van der Waals surface area contributed by atoms with Gasteiger partial charge in [0.15, 0.2) is 0 Å². The van der Waals surface area contributed by atoms with Crippen LogP contribution in [0, 0.1) is 0 Å². The van der Waals surface area contributed by atoms with E-state index in [2.05, 4.69) is 0 Å². The summed E-state index contributed by atoms with van der Waals surface area (Å²) in [4.78, 5) is 9.38. The fourth-order valence-corrected chi connectivity index (χ4v) is 3.37. The van der Waals surface area contributed by atoms with Crippen LogP contribution in [0.1, 0.15) is 13.3 Å². The smallest absolute Gasteiger partial charge is 0.325 e. The third kappa shape index (κ3) is 2.57. The van der Waals surface area contributed by atoms with E-state index in [1.54, 1.807) is 7.11 Å². The van der Waals surface area contributed by atoms with Gasteiger partial charge < -0.3 is 19.1 Å². The minimum atomic E-state index is -3.58. The summed E-state index contributed by atoms with van der Waals surface area (Å²) in [6, 6.07) is 0. The van der Waals surface area contributed by atoms with Crippen LogP contribution in [0.3, 0.4) is 0 Å². The second-order valence-corrected chi connectivity index (χ2v) is 6.55. The van der Waals surface area contributed by atoms with Crippen molar-refractivity contribution >= 4 is 7.60 Å². The lowest BCUT2D eigenvalue weighted by molar-refractivity contribution is -0.138. The summed E-state index contributed by atoms with van der Waals surface area (Å²) < 4.78 is 33.3. The zero-order valence-corrected chi connectivity index (χ0v) is 11.2. The summed E-state index contributed by atoms with van der Waals surface area (Å²) in [7, 11) is -2.00. The van der Waals surface area contributed by atoms with Crippen LogP contribution in [-0.4, -0.2) is 55.8 Å². The minimum Gasteiger partial charge on any atom is -0.382 e. The summed E-state index contributed by atoms with van der Waals surface area (Å²) >= 11 is 0. The molecule has 0 aromatic carbocycles. The van der Waals surface area contributed by atoms with Crippen molar-refractivity contribution in [1.82, 2.24) is 0 Å². The number of hydrogen-bond donors (Lipinski definition) is 1. The highest BCUT2D eigenvalue weighted by Gasteiger charge is 2.59. The van der Waals surface area contributed by atoms with Gasteiger partial charge in [-0.05, 0) is 6.92 Å². The maximum Gasteiger partial charge on any atom is 0.325 e. The number of rotatable bonds is 4. The van der Waals surface area contributed by atoms with Crippen LogP contribution in [0.4, 0.5) is 0 Å². The molecular formula is C10H19O6P. The van der Waals surface area contributed by atoms with Gasteiger partial charge in [-0.3, -0.25) is 9.09 Å². The third-order valence-corrected chi connectivity index (χ3v) is 3.85. The molecule has 100 valence electrons. The standard InChI is InChI=1S/C10H19O6P/c1-7-8-9(16-17(3,11)12)10(15-7,6-13-2)4-5-14-8/h7-9H,4-6H2,1-3H3,(H,11,12)/t7-,8?,9+,10?/m1/s1. The van der Waals surface area contributed by atoms with Crippen molar-refractivity contribution in [3.8, 4) is 0 Å². The Morgan fingerprint density at radius 1 is 1.59 bits per heavy atom. The fourth-order valence-electron chi connectivity index (χ4n) is 2.64. The van der Waals surface area contributed by atoms with Crippen molar-refractivity contribution in [1.29, 1.82) is 0 Å². The van der Waals surface area contributed by atoms with E-state index in [1.807, 2.05) is 6.92 Å². The van der Waals surface area contributed by atoms with Gasteiger partial charge in [0.25, 0.3) is 0 Å². The first-order valence-corrected chi connectivity index (χ1v) is 7.67. The van der Waals surface area contributed by atoms with Crippen LogP contribution >= 0.6 is 7.60 Å². The molecule has 6 nitrogen and oxygen atoms in total. The van der Waals surface area contributed by atoms with Gasteiger partial charge >= 0.3 is 7.60 Å². The summed E-state index contributed by atoms with van der Waals surface area (Å²) in [5, 5.41) is 0. The molecule has 0 aromatic rings. The van der Waals surface area contributed by atoms with Crippen LogP contribution in [-0.2, 0) is 23.3 Å². The Bertz CT molecular complexity index is 325. The molecule has 2 bridgehead atoms. The normalized spacial score (nSPS) is 44.6. The first kappa shape index (κ1) is 13.5.